The lowest BCUT2D eigenvalue weighted by atomic mass is 9.72. The molecule has 220 valence electrons. The van der Waals surface area contributed by atoms with Crippen LogP contribution >= 0.6 is 23.2 Å². The fourth-order valence-corrected chi connectivity index (χ4v) is 6.51. The van der Waals surface area contributed by atoms with Crippen molar-refractivity contribution < 1.29 is 49.3 Å². The summed E-state index contributed by atoms with van der Waals surface area (Å²) in [6, 6.07) is 6.85. The number of hydrogen-bond acceptors (Lipinski definition) is 11. The summed E-state index contributed by atoms with van der Waals surface area (Å²) in [4.78, 5) is 30.5. The number of fused-ring (bicyclic) bond motifs is 5. The molecule has 6 unspecified atom stereocenters. The van der Waals surface area contributed by atoms with Gasteiger partial charge in [0.2, 0.25) is 11.8 Å². The third kappa shape index (κ3) is 4.64. The molecule has 0 aliphatic carbocycles. The van der Waals surface area contributed by atoms with Crippen LogP contribution < -0.4 is 9.80 Å². The van der Waals surface area contributed by atoms with Crippen molar-refractivity contribution in [3.8, 4) is 0 Å². The second-order valence-electron chi connectivity index (χ2n) is 10.4. The lowest BCUT2D eigenvalue weighted by Crippen LogP contribution is -2.60. The first kappa shape index (κ1) is 29.6. The molecule has 0 radical (unpaired) electrons. The van der Waals surface area contributed by atoms with Crippen molar-refractivity contribution >= 4 is 46.4 Å². The summed E-state index contributed by atoms with van der Waals surface area (Å²) in [5.41, 5.74) is -1.76. The highest BCUT2D eigenvalue weighted by Gasteiger charge is 2.74. The van der Waals surface area contributed by atoms with Gasteiger partial charge in [0, 0.05) is 30.5 Å². The first-order valence-electron chi connectivity index (χ1n) is 12.9. The Morgan fingerprint density at radius 1 is 0.900 bits per heavy atom. The Labute approximate surface area is 240 Å². The predicted octanol–water partition coefficient (Wildman–Crippen LogP) is -1.04. The summed E-state index contributed by atoms with van der Waals surface area (Å²) < 4.78 is 17.3. The molecule has 0 saturated carbocycles. The number of hydrogen-bond donors (Lipinski definition) is 5. The molecule has 5 N–H and O–H groups in total. The third-order valence-corrected chi connectivity index (χ3v) is 8.48. The van der Waals surface area contributed by atoms with E-state index in [4.69, 9.17) is 37.4 Å². The number of alkyl halides is 2. The van der Waals surface area contributed by atoms with Crippen molar-refractivity contribution in [2.75, 3.05) is 54.5 Å². The highest BCUT2D eigenvalue weighted by molar-refractivity contribution is 6.23. The van der Waals surface area contributed by atoms with Crippen LogP contribution in [-0.4, -0.2) is 124 Å². The Morgan fingerprint density at radius 2 is 1.50 bits per heavy atom. The highest BCUT2D eigenvalue weighted by Crippen LogP contribution is 2.58. The minimum Gasteiger partial charge on any atom is -0.394 e. The van der Waals surface area contributed by atoms with Gasteiger partial charge in [0.1, 0.15) is 35.6 Å². The van der Waals surface area contributed by atoms with Crippen LogP contribution in [0, 0.1) is 11.8 Å². The van der Waals surface area contributed by atoms with Crippen LogP contribution in [0.1, 0.15) is 0 Å². The van der Waals surface area contributed by atoms with E-state index in [0.29, 0.717) is 30.5 Å². The lowest BCUT2D eigenvalue weighted by molar-refractivity contribution is -0.308. The van der Waals surface area contributed by atoms with E-state index in [1.165, 1.54) is 0 Å². The molecule has 3 fully saturated rings. The molecule has 4 heterocycles. The van der Waals surface area contributed by atoms with E-state index >= 15 is 0 Å². The normalized spacial score (nSPS) is 38.4. The maximum absolute atomic E-state index is 13.8. The summed E-state index contributed by atoms with van der Waals surface area (Å²) in [7, 11) is 0. The quantitative estimate of drug-likeness (QED) is 0.119. The number of carbonyl (C=O) groups is 2. The summed E-state index contributed by atoms with van der Waals surface area (Å²) >= 11 is 11.8. The summed E-state index contributed by atoms with van der Waals surface area (Å²) in [6.07, 6.45) is -4.44. The van der Waals surface area contributed by atoms with Crippen molar-refractivity contribution in [1.82, 2.24) is 0 Å². The maximum atomic E-state index is 13.8. The van der Waals surface area contributed by atoms with Crippen LogP contribution in [0.25, 0.3) is 0 Å². The zero-order valence-corrected chi connectivity index (χ0v) is 22.9. The molecule has 40 heavy (non-hydrogen) atoms. The smallest absolute Gasteiger partial charge is 0.241 e. The Balaban J connectivity index is 1.38. The zero-order chi connectivity index (χ0) is 28.8. The van der Waals surface area contributed by atoms with Gasteiger partial charge in [0.05, 0.1) is 37.3 Å². The summed E-state index contributed by atoms with van der Waals surface area (Å²) in [5.74, 6) is -2.36. The average Bonchev–Trinajstić information content (AvgIpc) is 3.58. The van der Waals surface area contributed by atoms with E-state index in [9.17, 15) is 35.1 Å². The Morgan fingerprint density at radius 3 is 2.08 bits per heavy atom. The van der Waals surface area contributed by atoms with E-state index in [2.05, 4.69) is 0 Å². The Hall–Kier alpha value is -1.84. The van der Waals surface area contributed by atoms with E-state index in [-0.39, 0.29) is 6.61 Å². The largest absolute Gasteiger partial charge is 0.394 e. The molecular formula is C26H32Cl2N2O10. The second-order valence-corrected chi connectivity index (χ2v) is 11.1. The molecule has 4 aliphatic heterocycles. The number of benzene rings is 1. The van der Waals surface area contributed by atoms with Crippen molar-refractivity contribution in [2.45, 2.75) is 41.9 Å². The predicted molar refractivity (Wildman–Crippen MR) is 142 cm³/mol. The molecule has 0 spiro atoms. The van der Waals surface area contributed by atoms with E-state index < -0.39 is 78.8 Å². The van der Waals surface area contributed by atoms with Gasteiger partial charge in [-0.2, -0.15) is 0 Å². The maximum Gasteiger partial charge on any atom is 0.241 e. The molecule has 0 aromatic heterocycles. The first-order valence-corrected chi connectivity index (χ1v) is 14.0. The summed E-state index contributed by atoms with van der Waals surface area (Å²) in [6.45, 7) is -0.450. The average molecular weight is 603 g/mol. The molecule has 9 atom stereocenters. The first-order chi connectivity index (χ1) is 19.2. The third-order valence-electron chi connectivity index (χ3n) is 8.14. The molecule has 12 nitrogen and oxygen atoms in total. The molecule has 1 aromatic rings. The van der Waals surface area contributed by atoms with Crippen molar-refractivity contribution in [1.29, 1.82) is 0 Å². The van der Waals surface area contributed by atoms with Crippen LogP contribution in [-0.2, 0) is 23.8 Å². The Bertz CT molecular complexity index is 1130. The molecule has 14 heteroatoms. The van der Waals surface area contributed by atoms with Gasteiger partial charge in [0.15, 0.2) is 6.29 Å². The number of carbonyl (C=O) groups excluding carboxylic acids is 2. The number of anilines is 2. The van der Waals surface area contributed by atoms with Crippen LogP contribution in [0.5, 0.6) is 0 Å². The van der Waals surface area contributed by atoms with E-state index in [1.54, 1.807) is 36.4 Å². The highest BCUT2D eigenvalue weighted by atomic mass is 35.5. The van der Waals surface area contributed by atoms with Crippen LogP contribution in [0.4, 0.5) is 11.4 Å². The lowest BCUT2D eigenvalue weighted by Gasteiger charge is -2.40. The van der Waals surface area contributed by atoms with Gasteiger partial charge in [-0.3, -0.25) is 9.59 Å². The van der Waals surface area contributed by atoms with E-state index in [1.807, 2.05) is 4.90 Å². The van der Waals surface area contributed by atoms with Crippen LogP contribution in [0.2, 0.25) is 0 Å². The number of nitrogens with zero attached hydrogens (tertiary/aromatic N) is 2. The van der Waals surface area contributed by atoms with Gasteiger partial charge in [-0.25, -0.2) is 4.90 Å². The number of amides is 2. The second kappa shape index (κ2) is 11.4. The number of ether oxygens (including phenoxy) is 3. The number of aliphatic hydroxyl groups excluding tert-OH is 5. The van der Waals surface area contributed by atoms with Gasteiger partial charge in [-0.1, -0.05) is 12.2 Å². The zero-order valence-electron chi connectivity index (χ0n) is 21.4. The van der Waals surface area contributed by atoms with Gasteiger partial charge < -0.3 is 44.6 Å². The molecule has 2 bridgehead atoms. The van der Waals surface area contributed by atoms with Crippen LogP contribution in [0.15, 0.2) is 36.4 Å². The van der Waals surface area contributed by atoms with Gasteiger partial charge >= 0.3 is 0 Å². The topological polar surface area (TPSA) is 169 Å². The fraction of sp³-hybridized carbons (Fsp3) is 0.615. The monoisotopic (exact) mass is 602 g/mol. The minimum absolute atomic E-state index is 0.349. The molecule has 5 rings (SSSR count). The number of imide groups is 1. The van der Waals surface area contributed by atoms with Crippen molar-refractivity contribution in [3.05, 3.63) is 36.4 Å². The van der Waals surface area contributed by atoms with Gasteiger partial charge in [0.25, 0.3) is 0 Å². The minimum atomic E-state index is -1.66. The van der Waals surface area contributed by atoms with Crippen molar-refractivity contribution in [2.24, 2.45) is 11.8 Å². The van der Waals surface area contributed by atoms with E-state index in [0.717, 1.165) is 10.6 Å². The molecule has 3 saturated heterocycles. The fourth-order valence-electron chi connectivity index (χ4n) is 6.10. The molecule has 1 aromatic carbocycles. The standard InChI is InChI=1S/C26H32Cl2N2O10/c27-7-9-29(10-8-28)14-1-3-15(4-2-14)30-22(36)17-18(23(30)37)26(6-5-25(17,12-32)40-26)13-38-24-21(35)20(34)19(33)16(11-31)39-24/h1-6,16-21,24,31-35H,7-13H2/t16?,17?,18?,19-,20+,21?,24-,25?,26?/m1/s1. The number of aliphatic hydroxyl groups is 5. The van der Waals surface area contributed by atoms with Gasteiger partial charge in [-0.15, -0.1) is 23.2 Å². The van der Waals surface area contributed by atoms with Crippen molar-refractivity contribution in [3.63, 3.8) is 0 Å². The summed E-state index contributed by atoms with van der Waals surface area (Å²) in [5, 5.41) is 50.2. The number of halogens is 2. The SMILES string of the molecule is O=C1C2C(C(=O)N1c1ccc(N(CCCl)CCCl)cc1)C1(CO[C@@H]3OC(CO)[C@@H](O)[C@H](O)C3O)C=CC2(CO)O1. The Kier molecular flexibility index (Phi) is 8.48. The number of rotatable bonds is 11. The van der Waals surface area contributed by atoms with Crippen LogP contribution in [0.3, 0.4) is 0 Å². The molecule has 2 amide bonds. The molecule has 4 aliphatic rings. The molecular weight excluding hydrogens is 571 g/mol. The van der Waals surface area contributed by atoms with Gasteiger partial charge in [-0.05, 0) is 24.3 Å².